The highest BCUT2D eigenvalue weighted by atomic mass is 32.2. The van der Waals surface area contributed by atoms with Gasteiger partial charge in [0.25, 0.3) is 0 Å². The van der Waals surface area contributed by atoms with Crippen molar-refractivity contribution in [1.82, 2.24) is 24.5 Å². The fourth-order valence-corrected chi connectivity index (χ4v) is 3.66. The normalized spacial score (nSPS) is 17.3. The Hall–Kier alpha value is -1.74. The first-order valence-electron chi connectivity index (χ1n) is 7.38. The summed E-state index contributed by atoms with van der Waals surface area (Å²) in [6, 6.07) is 0.00688. The summed E-state index contributed by atoms with van der Waals surface area (Å²) in [4.78, 5) is 10.8. The van der Waals surface area contributed by atoms with Crippen LogP contribution in [0.4, 0.5) is 5.82 Å². The van der Waals surface area contributed by atoms with Crippen LogP contribution in [0.1, 0.15) is 19.8 Å². The van der Waals surface area contributed by atoms with Gasteiger partial charge in [0.15, 0.2) is 5.65 Å². The fourth-order valence-electron chi connectivity index (χ4n) is 2.75. The highest BCUT2D eigenvalue weighted by Crippen LogP contribution is 2.25. The maximum absolute atomic E-state index is 11.6. The van der Waals surface area contributed by atoms with Crippen molar-refractivity contribution in [3.63, 3.8) is 0 Å². The number of nitrogens with zero attached hydrogens (tertiary/aromatic N) is 5. The van der Waals surface area contributed by atoms with Crippen LogP contribution in [0.25, 0.3) is 11.0 Å². The standard InChI is InChI=1S/C13H20N6O2S/c1-3-22(20,21)17-10-4-6-19(7-5-10)13-11-8-16-18(2)12(11)14-9-15-13/h8-10,17H,3-7H2,1-2H3. The van der Waals surface area contributed by atoms with Crippen molar-refractivity contribution in [2.75, 3.05) is 23.7 Å². The molecule has 22 heavy (non-hydrogen) atoms. The van der Waals surface area contributed by atoms with Gasteiger partial charge in [-0.3, -0.25) is 4.68 Å². The van der Waals surface area contributed by atoms with Crippen LogP contribution in [0.2, 0.25) is 0 Å². The van der Waals surface area contributed by atoms with E-state index >= 15 is 0 Å². The highest BCUT2D eigenvalue weighted by molar-refractivity contribution is 7.89. The van der Waals surface area contributed by atoms with Gasteiger partial charge >= 0.3 is 0 Å². The first kappa shape index (κ1) is 15.2. The number of piperidine rings is 1. The second-order valence-corrected chi connectivity index (χ2v) is 7.53. The molecule has 2 aromatic heterocycles. The average molecular weight is 324 g/mol. The summed E-state index contributed by atoms with van der Waals surface area (Å²) in [5, 5.41) is 5.15. The number of rotatable bonds is 4. The van der Waals surface area contributed by atoms with E-state index in [-0.39, 0.29) is 11.8 Å². The van der Waals surface area contributed by atoms with Gasteiger partial charge in [-0.25, -0.2) is 23.1 Å². The molecule has 0 aliphatic carbocycles. The minimum atomic E-state index is -3.14. The molecule has 120 valence electrons. The highest BCUT2D eigenvalue weighted by Gasteiger charge is 2.24. The molecule has 3 heterocycles. The van der Waals surface area contributed by atoms with Crippen LogP contribution in [0.3, 0.4) is 0 Å². The third kappa shape index (κ3) is 2.91. The number of hydrogen-bond acceptors (Lipinski definition) is 6. The van der Waals surface area contributed by atoms with Crippen molar-refractivity contribution >= 4 is 26.9 Å². The van der Waals surface area contributed by atoms with Gasteiger partial charge in [-0.15, -0.1) is 0 Å². The van der Waals surface area contributed by atoms with Gasteiger partial charge < -0.3 is 4.90 Å². The molecule has 0 spiro atoms. The molecule has 9 heteroatoms. The lowest BCUT2D eigenvalue weighted by Gasteiger charge is -2.33. The largest absolute Gasteiger partial charge is 0.356 e. The van der Waals surface area contributed by atoms with Crippen molar-refractivity contribution in [1.29, 1.82) is 0 Å². The Bertz CT molecular complexity index is 764. The molecule has 0 saturated carbocycles. The van der Waals surface area contributed by atoms with E-state index in [1.165, 1.54) is 0 Å². The molecule has 1 fully saturated rings. The molecule has 1 saturated heterocycles. The second kappa shape index (κ2) is 5.81. The number of aromatic nitrogens is 4. The third-order valence-electron chi connectivity index (χ3n) is 4.03. The molecule has 1 N–H and O–H groups in total. The molecule has 0 amide bonds. The Morgan fingerprint density at radius 3 is 2.73 bits per heavy atom. The van der Waals surface area contributed by atoms with E-state index < -0.39 is 10.0 Å². The third-order valence-corrected chi connectivity index (χ3v) is 5.48. The Morgan fingerprint density at radius 2 is 2.05 bits per heavy atom. The predicted octanol–water partition coefficient (Wildman–Crippen LogP) is 0.271. The molecule has 0 atom stereocenters. The predicted molar refractivity (Wildman–Crippen MR) is 84.1 cm³/mol. The van der Waals surface area contributed by atoms with Crippen molar-refractivity contribution in [2.24, 2.45) is 7.05 Å². The second-order valence-electron chi connectivity index (χ2n) is 5.49. The monoisotopic (exact) mass is 324 g/mol. The minimum absolute atomic E-state index is 0.00688. The first-order chi connectivity index (χ1) is 10.5. The summed E-state index contributed by atoms with van der Waals surface area (Å²) in [5.41, 5.74) is 0.804. The van der Waals surface area contributed by atoms with Gasteiger partial charge in [0.05, 0.1) is 17.3 Å². The lowest BCUT2D eigenvalue weighted by Crippen LogP contribution is -2.45. The molecule has 1 aliphatic rings. The summed E-state index contributed by atoms with van der Waals surface area (Å²) in [5.74, 6) is 0.991. The summed E-state index contributed by atoms with van der Waals surface area (Å²) in [7, 11) is -1.29. The lowest BCUT2D eigenvalue weighted by molar-refractivity contribution is 0.459. The SMILES string of the molecule is CCS(=O)(=O)NC1CCN(c2ncnc3c2cnn3C)CC1. The van der Waals surface area contributed by atoms with E-state index in [1.54, 1.807) is 24.1 Å². The zero-order valence-corrected chi connectivity index (χ0v) is 13.5. The van der Waals surface area contributed by atoms with E-state index in [0.717, 1.165) is 42.8 Å². The van der Waals surface area contributed by atoms with Crippen LogP contribution in [-0.2, 0) is 17.1 Å². The van der Waals surface area contributed by atoms with Gasteiger partial charge in [0.2, 0.25) is 10.0 Å². The molecule has 0 radical (unpaired) electrons. The number of aryl methyl sites for hydroxylation is 1. The van der Waals surface area contributed by atoms with Crippen molar-refractivity contribution in [2.45, 2.75) is 25.8 Å². The zero-order chi connectivity index (χ0) is 15.7. The maximum Gasteiger partial charge on any atom is 0.211 e. The Balaban J connectivity index is 1.73. The quantitative estimate of drug-likeness (QED) is 0.868. The minimum Gasteiger partial charge on any atom is -0.356 e. The molecule has 2 aromatic rings. The van der Waals surface area contributed by atoms with E-state index in [4.69, 9.17) is 0 Å². The molecular weight excluding hydrogens is 304 g/mol. The molecule has 0 bridgehead atoms. The van der Waals surface area contributed by atoms with Crippen LogP contribution in [0, 0.1) is 0 Å². The molecule has 3 rings (SSSR count). The van der Waals surface area contributed by atoms with Gasteiger partial charge in [0.1, 0.15) is 12.1 Å². The number of nitrogens with one attached hydrogen (secondary N) is 1. The van der Waals surface area contributed by atoms with Gasteiger partial charge in [0, 0.05) is 26.2 Å². The number of fused-ring (bicyclic) bond motifs is 1. The summed E-state index contributed by atoms with van der Waals surface area (Å²) in [6.07, 6.45) is 4.86. The maximum atomic E-state index is 11.6. The van der Waals surface area contributed by atoms with Crippen LogP contribution in [-0.4, -0.2) is 53.1 Å². The summed E-state index contributed by atoms with van der Waals surface area (Å²) in [6.45, 7) is 3.17. The Morgan fingerprint density at radius 1 is 1.32 bits per heavy atom. The molecule has 8 nitrogen and oxygen atoms in total. The zero-order valence-electron chi connectivity index (χ0n) is 12.7. The summed E-state index contributed by atoms with van der Waals surface area (Å²) >= 11 is 0. The van der Waals surface area contributed by atoms with Crippen LogP contribution in [0.5, 0.6) is 0 Å². The van der Waals surface area contributed by atoms with E-state index in [0.29, 0.717) is 0 Å². The van der Waals surface area contributed by atoms with E-state index in [1.807, 2.05) is 7.05 Å². The number of hydrogen-bond donors (Lipinski definition) is 1. The Kier molecular flexibility index (Phi) is 4.00. The fraction of sp³-hybridized carbons (Fsp3) is 0.615. The lowest BCUT2D eigenvalue weighted by atomic mass is 10.1. The smallest absolute Gasteiger partial charge is 0.211 e. The van der Waals surface area contributed by atoms with Crippen LogP contribution < -0.4 is 9.62 Å². The van der Waals surface area contributed by atoms with Crippen LogP contribution >= 0.6 is 0 Å². The summed E-state index contributed by atoms with van der Waals surface area (Å²) < 4.78 is 27.8. The topological polar surface area (TPSA) is 93.0 Å². The van der Waals surface area contributed by atoms with Crippen molar-refractivity contribution in [3.05, 3.63) is 12.5 Å². The average Bonchev–Trinajstić information content (AvgIpc) is 2.90. The molecule has 1 aliphatic heterocycles. The Labute approximate surface area is 129 Å². The van der Waals surface area contributed by atoms with Crippen LogP contribution in [0.15, 0.2) is 12.5 Å². The van der Waals surface area contributed by atoms with E-state index in [9.17, 15) is 8.42 Å². The van der Waals surface area contributed by atoms with Crippen molar-refractivity contribution < 1.29 is 8.42 Å². The number of anilines is 1. The molecular formula is C13H20N6O2S. The first-order valence-corrected chi connectivity index (χ1v) is 9.03. The molecule has 0 unspecified atom stereocenters. The molecule has 0 aromatic carbocycles. The van der Waals surface area contributed by atoms with Gasteiger partial charge in [-0.1, -0.05) is 0 Å². The van der Waals surface area contributed by atoms with Crippen molar-refractivity contribution in [3.8, 4) is 0 Å². The van der Waals surface area contributed by atoms with Gasteiger partial charge in [-0.05, 0) is 19.8 Å². The van der Waals surface area contributed by atoms with Gasteiger partial charge in [-0.2, -0.15) is 5.10 Å². The number of sulfonamides is 1. The van der Waals surface area contributed by atoms with E-state index in [2.05, 4.69) is 24.7 Å².